The molecule has 98 valence electrons. The molecule has 0 amide bonds. The van der Waals surface area contributed by atoms with Crippen molar-refractivity contribution in [1.82, 2.24) is 10.2 Å². The molecular weight excluding hydrogens is 214 g/mol. The van der Waals surface area contributed by atoms with E-state index in [-0.39, 0.29) is 0 Å². The molecule has 0 bridgehead atoms. The van der Waals surface area contributed by atoms with Crippen LogP contribution in [-0.2, 0) is 4.74 Å². The quantitative estimate of drug-likeness (QED) is 0.761. The van der Waals surface area contributed by atoms with E-state index in [0.717, 1.165) is 32.7 Å². The van der Waals surface area contributed by atoms with Gasteiger partial charge in [0.2, 0.25) is 0 Å². The van der Waals surface area contributed by atoms with Crippen LogP contribution >= 0.6 is 0 Å². The van der Waals surface area contributed by atoms with Gasteiger partial charge < -0.3 is 15.0 Å². The zero-order chi connectivity index (χ0) is 12.7. The molecule has 1 aliphatic heterocycles. The summed E-state index contributed by atoms with van der Waals surface area (Å²) in [6.45, 7) is 7.91. The third-order valence-corrected chi connectivity index (χ3v) is 3.59. The van der Waals surface area contributed by atoms with E-state index in [1.165, 1.54) is 12.8 Å². The number of nitrogens with one attached hydrogen (secondary N) is 1. The lowest BCUT2D eigenvalue weighted by Gasteiger charge is -2.34. The van der Waals surface area contributed by atoms with Gasteiger partial charge >= 0.3 is 0 Å². The molecule has 4 heteroatoms. The van der Waals surface area contributed by atoms with Crippen LogP contribution in [-0.4, -0.2) is 49.8 Å². The summed E-state index contributed by atoms with van der Waals surface area (Å²) in [6, 6.07) is 2.34. The molecule has 1 saturated heterocycles. The monoisotopic (exact) mass is 239 g/mol. The molecule has 2 unspecified atom stereocenters. The van der Waals surface area contributed by atoms with Gasteiger partial charge in [-0.15, -0.1) is 0 Å². The summed E-state index contributed by atoms with van der Waals surface area (Å²) in [5.41, 5.74) is -0.404. The number of piperidine rings is 1. The summed E-state index contributed by atoms with van der Waals surface area (Å²) < 4.78 is 5.68. The smallest absolute Gasteiger partial charge is 0.104 e. The molecule has 0 aromatic carbocycles. The first kappa shape index (κ1) is 14.4. The molecule has 2 atom stereocenters. The van der Waals surface area contributed by atoms with Gasteiger partial charge in [0.1, 0.15) is 5.54 Å². The SMILES string of the molecule is CCOC1CCCN(CCC(C)(C#N)NC)C1. The Morgan fingerprint density at radius 1 is 1.59 bits per heavy atom. The number of hydrogen-bond donors (Lipinski definition) is 1. The van der Waals surface area contributed by atoms with Crippen molar-refractivity contribution in [2.24, 2.45) is 0 Å². The molecule has 0 saturated carbocycles. The molecule has 0 radical (unpaired) electrons. The molecular formula is C13H25N3O. The standard InChI is InChI=1S/C13H25N3O/c1-4-17-12-6-5-8-16(10-12)9-7-13(2,11-14)15-3/h12,15H,4-10H2,1-3H3. The minimum absolute atomic E-state index is 0.386. The highest BCUT2D eigenvalue weighted by Crippen LogP contribution is 2.15. The Hall–Kier alpha value is -0.630. The van der Waals surface area contributed by atoms with Crippen molar-refractivity contribution < 1.29 is 4.74 Å². The molecule has 1 fully saturated rings. The van der Waals surface area contributed by atoms with Gasteiger partial charge in [-0.05, 0) is 46.7 Å². The number of hydrogen-bond acceptors (Lipinski definition) is 4. The van der Waals surface area contributed by atoms with Gasteiger partial charge in [0.15, 0.2) is 0 Å². The van der Waals surface area contributed by atoms with Crippen molar-refractivity contribution >= 4 is 0 Å². The van der Waals surface area contributed by atoms with Gasteiger partial charge in [-0.2, -0.15) is 5.26 Å². The second-order valence-corrected chi connectivity index (χ2v) is 4.96. The van der Waals surface area contributed by atoms with Gasteiger partial charge in [0.05, 0.1) is 12.2 Å². The van der Waals surface area contributed by atoms with Crippen LogP contribution in [0.2, 0.25) is 0 Å². The van der Waals surface area contributed by atoms with Crippen molar-refractivity contribution in [3.63, 3.8) is 0 Å². The maximum absolute atomic E-state index is 9.10. The summed E-state index contributed by atoms with van der Waals surface area (Å²) in [4.78, 5) is 2.41. The fourth-order valence-corrected chi connectivity index (χ4v) is 2.21. The van der Waals surface area contributed by atoms with Crippen molar-refractivity contribution in [2.45, 2.75) is 44.8 Å². The predicted molar refractivity (Wildman–Crippen MR) is 68.8 cm³/mol. The average Bonchev–Trinajstić information content (AvgIpc) is 2.37. The summed E-state index contributed by atoms with van der Waals surface area (Å²) in [7, 11) is 1.85. The molecule has 17 heavy (non-hydrogen) atoms. The van der Waals surface area contributed by atoms with Gasteiger partial charge in [0.25, 0.3) is 0 Å². The highest BCUT2D eigenvalue weighted by Gasteiger charge is 2.25. The van der Waals surface area contributed by atoms with E-state index in [0.29, 0.717) is 6.10 Å². The number of nitriles is 1. The second kappa shape index (κ2) is 6.95. The van der Waals surface area contributed by atoms with E-state index >= 15 is 0 Å². The molecule has 0 aliphatic carbocycles. The number of likely N-dealkylation sites (tertiary alicyclic amines) is 1. The molecule has 4 nitrogen and oxygen atoms in total. The van der Waals surface area contributed by atoms with Crippen LogP contribution in [0.15, 0.2) is 0 Å². The summed E-state index contributed by atoms with van der Waals surface area (Å²) in [5, 5.41) is 12.2. The lowest BCUT2D eigenvalue weighted by Crippen LogP contribution is -2.45. The van der Waals surface area contributed by atoms with Crippen LogP contribution in [0.25, 0.3) is 0 Å². The average molecular weight is 239 g/mol. The van der Waals surface area contributed by atoms with Gasteiger partial charge in [-0.1, -0.05) is 0 Å². The van der Waals surface area contributed by atoms with Crippen LogP contribution in [0, 0.1) is 11.3 Å². The highest BCUT2D eigenvalue weighted by molar-refractivity contribution is 5.03. The number of ether oxygens (including phenoxy) is 1. The maximum Gasteiger partial charge on any atom is 0.104 e. The van der Waals surface area contributed by atoms with Crippen LogP contribution in [0.5, 0.6) is 0 Å². The first-order valence-corrected chi connectivity index (χ1v) is 6.57. The topological polar surface area (TPSA) is 48.3 Å². The Kier molecular flexibility index (Phi) is 5.90. The van der Waals surface area contributed by atoms with Crippen LogP contribution in [0.3, 0.4) is 0 Å². The van der Waals surface area contributed by atoms with Crippen LogP contribution < -0.4 is 5.32 Å². The maximum atomic E-state index is 9.10. The van der Waals surface area contributed by atoms with Crippen molar-refractivity contribution in [1.29, 1.82) is 5.26 Å². The minimum atomic E-state index is -0.404. The van der Waals surface area contributed by atoms with Crippen LogP contribution in [0.4, 0.5) is 0 Å². The zero-order valence-corrected chi connectivity index (χ0v) is 11.3. The Labute approximate surface area is 105 Å². The number of rotatable bonds is 6. The first-order chi connectivity index (χ1) is 8.13. The van der Waals surface area contributed by atoms with Crippen LogP contribution in [0.1, 0.15) is 33.1 Å². The summed E-state index contributed by atoms with van der Waals surface area (Å²) in [6.07, 6.45) is 3.62. The molecule has 1 rings (SSSR count). The third-order valence-electron chi connectivity index (χ3n) is 3.59. The van der Waals surface area contributed by atoms with E-state index in [1.807, 2.05) is 20.9 Å². The third kappa shape index (κ3) is 4.63. The van der Waals surface area contributed by atoms with E-state index in [1.54, 1.807) is 0 Å². The Balaban J connectivity index is 2.34. The second-order valence-electron chi connectivity index (χ2n) is 4.96. The van der Waals surface area contributed by atoms with E-state index in [4.69, 9.17) is 10.00 Å². The van der Waals surface area contributed by atoms with E-state index in [9.17, 15) is 0 Å². The Morgan fingerprint density at radius 3 is 2.94 bits per heavy atom. The molecule has 0 aromatic rings. The number of nitrogens with zero attached hydrogens (tertiary/aromatic N) is 2. The lowest BCUT2D eigenvalue weighted by atomic mass is 9.99. The fraction of sp³-hybridized carbons (Fsp3) is 0.923. The lowest BCUT2D eigenvalue weighted by molar-refractivity contribution is 0.00461. The van der Waals surface area contributed by atoms with E-state index < -0.39 is 5.54 Å². The van der Waals surface area contributed by atoms with Crippen molar-refractivity contribution in [3.8, 4) is 6.07 Å². The van der Waals surface area contributed by atoms with Gasteiger partial charge in [0, 0.05) is 19.7 Å². The molecule has 0 aromatic heterocycles. The Morgan fingerprint density at radius 2 is 2.35 bits per heavy atom. The molecule has 1 aliphatic rings. The van der Waals surface area contributed by atoms with Gasteiger partial charge in [-0.25, -0.2) is 0 Å². The summed E-state index contributed by atoms with van der Waals surface area (Å²) in [5.74, 6) is 0. The first-order valence-electron chi connectivity index (χ1n) is 6.57. The fourth-order valence-electron chi connectivity index (χ4n) is 2.21. The minimum Gasteiger partial charge on any atom is -0.377 e. The van der Waals surface area contributed by atoms with Crippen molar-refractivity contribution in [2.75, 3.05) is 33.3 Å². The van der Waals surface area contributed by atoms with Gasteiger partial charge in [-0.3, -0.25) is 0 Å². The predicted octanol–water partition coefficient (Wildman–Crippen LogP) is 1.38. The molecule has 0 spiro atoms. The highest BCUT2D eigenvalue weighted by atomic mass is 16.5. The van der Waals surface area contributed by atoms with E-state index in [2.05, 4.69) is 16.3 Å². The summed E-state index contributed by atoms with van der Waals surface area (Å²) >= 11 is 0. The molecule has 1 N–H and O–H groups in total. The largest absolute Gasteiger partial charge is 0.377 e. The Bertz CT molecular complexity index is 262. The normalized spacial score (nSPS) is 25.2. The molecule has 1 heterocycles. The zero-order valence-electron chi connectivity index (χ0n) is 11.3. The van der Waals surface area contributed by atoms with Crippen molar-refractivity contribution in [3.05, 3.63) is 0 Å².